The minimum Gasteiger partial charge on any atom is -0.330 e. The van der Waals surface area contributed by atoms with Gasteiger partial charge in [-0.2, -0.15) is 0 Å². The summed E-state index contributed by atoms with van der Waals surface area (Å²) in [6.07, 6.45) is 3.06. The topological polar surface area (TPSA) is 80.1 Å². The Hall–Kier alpha value is -2.35. The maximum absolute atomic E-state index is 13.0. The number of hydrogen-bond donors (Lipinski definition) is 1. The van der Waals surface area contributed by atoms with Gasteiger partial charge in [0.15, 0.2) is 5.16 Å². The molecule has 162 valence electrons. The Morgan fingerprint density at radius 1 is 1.27 bits per heavy atom. The van der Waals surface area contributed by atoms with E-state index in [9.17, 15) is 9.59 Å². The van der Waals surface area contributed by atoms with Crippen molar-refractivity contribution < 1.29 is 9.59 Å². The Bertz CT molecular complexity index is 922. The molecule has 1 aromatic carbocycles. The van der Waals surface area contributed by atoms with Crippen LogP contribution in [0.25, 0.3) is 0 Å². The van der Waals surface area contributed by atoms with E-state index in [2.05, 4.69) is 20.1 Å². The number of anilines is 1. The van der Waals surface area contributed by atoms with Crippen molar-refractivity contribution in [3.63, 3.8) is 0 Å². The molecule has 0 radical (unpaired) electrons. The van der Waals surface area contributed by atoms with Crippen molar-refractivity contribution in [2.24, 2.45) is 0 Å². The van der Waals surface area contributed by atoms with Crippen LogP contribution in [0.15, 0.2) is 23.4 Å². The van der Waals surface area contributed by atoms with E-state index in [1.807, 2.05) is 52.8 Å². The van der Waals surface area contributed by atoms with E-state index in [1.54, 1.807) is 4.90 Å². The van der Waals surface area contributed by atoms with Crippen LogP contribution in [0.1, 0.15) is 56.1 Å². The lowest BCUT2D eigenvalue weighted by Gasteiger charge is -2.28. The van der Waals surface area contributed by atoms with Gasteiger partial charge in [0, 0.05) is 17.8 Å². The lowest BCUT2D eigenvalue weighted by atomic mass is 10.1. The average molecular weight is 430 g/mol. The van der Waals surface area contributed by atoms with Gasteiger partial charge >= 0.3 is 0 Å². The van der Waals surface area contributed by atoms with E-state index in [-0.39, 0.29) is 30.2 Å². The smallest absolute Gasteiger partial charge is 0.244 e. The first-order valence-electron chi connectivity index (χ1n) is 10.5. The zero-order chi connectivity index (χ0) is 21.8. The van der Waals surface area contributed by atoms with Crippen LogP contribution in [-0.4, -0.2) is 49.8 Å². The second-order valence-corrected chi connectivity index (χ2v) is 8.94. The first-order chi connectivity index (χ1) is 14.3. The number of hydrogen-bond acceptors (Lipinski definition) is 5. The number of thioether (sulfide) groups is 1. The number of benzene rings is 1. The van der Waals surface area contributed by atoms with Gasteiger partial charge in [0.25, 0.3) is 0 Å². The Morgan fingerprint density at radius 2 is 2.00 bits per heavy atom. The van der Waals surface area contributed by atoms with Crippen LogP contribution in [0.3, 0.4) is 0 Å². The van der Waals surface area contributed by atoms with Gasteiger partial charge in [-0.25, -0.2) is 0 Å². The molecule has 2 amide bonds. The third kappa shape index (κ3) is 5.22. The van der Waals surface area contributed by atoms with Crippen molar-refractivity contribution in [2.45, 2.75) is 71.1 Å². The Balaban J connectivity index is 1.64. The second-order valence-electron chi connectivity index (χ2n) is 7.99. The van der Waals surface area contributed by atoms with E-state index in [0.29, 0.717) is 6.04 Å². The van der Waals surface area contributed by atoms with Crippen molar-refractivity contribution in [3.05, 3.63) is 35.2 Å². The van der Waals surface area contributed by atoms with Crippen molar-refractivity contribution >= 4 is 29.3 Å². The number of aromatic nitrogens is 3. The Kier molecular flexibility index (Phi) is 7.18. The summed E-state index contributed by atoms with van der Waals surface area (Å²) in [7, 11) is 0. The van der Waals surface area contributed by atoms with Gasteiger partial charge in [-0.1, -0.05) is 30.8 Å². The molecule has 3 rings (SSSR count). The molecule has 1 N–H and O–H groups in total. The highest BCUT2D eigenvalue weighted by molar-refractivity contribution is 7.99. The minimum absolute atomic E-state index is 0.0227. The molecule has 1 atom stereocenters. The average Bonchev–Trinajstić information content (AvgIpc) is 3.49. The number of carbonyl (C=O) groups excluding carboxylic acids is 2. The predicted molar refractivity (Wildman–Crippen MR) is 120 cm³/mol. The molecule has 1 saturated carbocycles. The lowest BCUT2D eigenvalue weighted by molar-refractivity contribution is -0.134. The highest BCUT2D eigenvalue weighted by atomic mass is 32.2. The van der Waals surface area contributed by atoms with Crippen LogP contribution in [0, 0.1) is 20.8 Å². The maximum Gasteiger partial charge on any atom is 0.244 e. The fourth-order valence-electron chi connectivity index (χ4n) is 3.35. The minimum atomic E-state index is -0.181. The number of nitrogens with one attached hydrogen (secondary N) is 1. The molecule has 1 heterocycles. The second kappa shape index (κ2) is 9.64. The van der Waals surface area contributed by atoms with Crippen molar-refractivity contribution in [1.82, 2.24) is 19.7 Å². The van der Waals surface area contributed by atoms with Crippen molar-refractivity contribution in [1.29, 1.82) is 0 Å². The van der Waals surface area contributed by atoms with Gasteiger partial charge in [-0.05, 0) is 64.2 Å². The molecule has 1 aliphatic carbocycles. The predicted octanol–water partition coefficient (Wildman–Crippen LogP) is 3.90. The van der Waals surface area contributed by atoms with Gasteiger partial charge in [0.1, 0.15) is 12.4 Å². The largest absolute Gasteiger partial charge is 0.330 e. The van der Waals surface area contributed by atoms with Crippen LogP contribution in [0.4, 0.5) is 5.69 Å². The molecule has 7 nitrogen and oxygen atoms in total. The molecule has 0 saturated heterocycles. The van der Waals surface area contributed by atoms with E-state index < -0.39 is 0 Å². The Morgan fingerprint density at radius 3 is 2.67 bits per heavy atom. The first kappa shape index (κ1) is 22.3. The summed E-state index contributed by atoms with van der Waals surface area (Å²) in [5.41, 5.74) is 2.95. The van der Waals surface area contributed by atoms with Crippen LogP contribution in [0.5, 0.6) is 0 Å². The van der Waals surface area contributed by atoms with Crippen LogP contribution >= 0.6 is 11.8 Å². The summed E-state index contributed by atoms with van der Waals surface area (Å²) in [6.45, 7) is 9.98. The fourth-order valence-corrected chi connectivity index (χ4v) is 4.29. The molecule has 0 spiro atoms. The van der Waals surface area contributed by atoms with Gasteiger partial charge in [-0.3, -0.25) is 9.59 Å². The molecule has 0 bridgehead atoms. The molecule has 0 aliphatic heterocycles. The fraction of sp³-hybridized carbons (Fsp3) is 0.545. The van der Waals surface area contributed by atoms with E-state index in [4.69, 9.17) is 0 Å². The highest BCUT2D eigenvalue weighted by Gasteiger charge is 2.29. The molecular formula is C22H31N5O2S. The summed E-state index contributed by atoms with van der Waals surface area (Å²) in [5.74, 6) is 0.887. The molecular weight excluding hydrogens is 398 g/mol. The molecule has 2 aromatic rings. The lowest BCUT2D eigenvalue weighted by Crippen LogP contribution is -2.44. The third-order valence-electron chi connectivity index (χ3n) is 5.71. The molecule has 8 heteroatoms. The van der Waals surface area contributed by atoms with Crippen LogP contribution in [-0.2, 0) is 9.59 Å². The monoisotopic (exact) mass is 429 g/mol. The summed E-state index contributed by atoms with van der Waals surface area (Å²) < 4.78 is 2.12. The normalized spacial score (nSPS) is 14.4. The zero-order valence-electron chi connectivity index (χ0n) is 18.4. The zero-order valence-corrected chi connectivity index (χ0v) is 19.3. The summed E-state index contributed by atoms with van der Waals surface area (Å²) in [5, 5.41) is 12.1. The van der Waals surface area contributed by atoms with Crippen molar-refractivity contribution in [3.8, 4) is 0 Å². The third-order valence-corrected chi connectivity index (χ3v) is 6.64. The van der Waals surface area contributed by atoms with Gasteiger partial charge in [0.05, 0.1) is 5.75 Å². The van der Waals surface area contributed by atoms with Crippen LogP contribution in [0.2, 0.25) is 0 Å². The van der Waals surface area contributed by atoms with E-state index >= 15 is 0 Å². The number of carbonyl (C=O) groups is 2. The van der Waals surface area contributed by atoms with Gasteiger partial charge in [0.2, 0.25) is 11.8 Å². The molecule has 0 unspecified atom stereocenters. The van der Waals surface area contributed by atoms with E-state index in [1.165, 1.54) is 11.8 Å². The standard InChI is InChI=1S/C22H31N5O2S/c1-6-15(3)26(12-20(28)23-19-9-7-8-14(2)16(19)4)21(29)13-30-22-25-24-17(5)27(22)18-10-11-18/h7-9,15,18H,6,10-13H2,1-5H3,(H,23,28)/t15-/m0/s1. The number of aryl methyl sites for hydroxylation is 2. The quantitative estimate of drug-likeness (QED) is 0.612. The number of nitrogens with zero attached hydrogens (tertiary/aromatic N) is 4. The molecule has 1 aromatic heterocycles. The number of amides is 2. The van der Waals surface area contributed by atoms with Crippen molar-refractivity contribution in [2.75, 3.05) is 17.6 Å². The Labute approximate surface area is 182 Å². The summed E-state index contributed by atoms with van der Waals surface area (Å²) in [4.78, 5) is 27.4. The summed E-state index contributed by atoms with van der Waals surface area (Å²) >= 11 is 1.40. The van der Waals surface area contributed by atoms with Crippen LogP contribution < -0.4 is 5.32 Å². The van der Waals surface area contributed by atoms with Gasteiger partial charge < -0.3 is 14.8 Å². The SMILES string of the molecule is CC[C@H](C)N(CC(=O)Nc1cccc(C)c1C)C(=O)CSc1nnc(C)n1C1CC1. The number of rotatable bonds is 9. The molecule has 1 fully saturated rings. The highest BCUT2D eigenvalue weighted by Crippen LogP contribution is 2.38. The summed E-state index contributed by atoms with van der Waals surface area (Å²) in [6, 6.07) is 6.26. The first-order valence-corrected chi connectivity index (χ1v) is 11.5. The molecule has 30 heavy (non-hydrogen) atoms. The van der Waals surface area contributed by atoms with Gasteiger partial charge in [-0.15, -0.1) is 10.2 Å². The van der Waals surface area contributed by atoms with E-state index in [0.717, 1.165) is 47.1 Å². The molecule has 1 aliphatic rings. The maximum atomic E-state index is 13.0.